The molecule has 2 atom stereocenters. The highest BCUT2D eigenvalue weighted by atomic mass is 79.9. The first-order chi connectivity index (χ1) is 9.03. The highest BCUT2D eigenvalue weighted by molar-refractivity contribution is 9.10. The van der Waals surface area contributed by atoms with Crippen molar-refractivity contribution in [2.24, 2.45) is 0 Å². The molecule has 1 aromatic carbocycles. The quantitative estimate of drug-likeness (QED) is 0.634. The molecule has 0 saturated heterocycles. The van der Waals surface area contributed by atoms with E-state index in [4.69, 9.17) is 9.05 Å². The predicted molar refractivity (Wildman–Crippen MR) is 75.1 cm³/mol. The molecule has 19 heavy (non-hydrogen) atoms. The van der Waals surface area contributed by atoms with Crippen molar-refractivity contribution in [3.05, 3.63) is 34.3 Å². The van der Waals surface area contributed by atoms with Crippen LogP contribution in [0.25, 0.3) is 0 Å². The van der Waals surface area contributed by atoms with Gasteiger partial charge in [0, 0.05) is 24.6 Å². The van der Waals surface area contributed by atoms with Crippen LogP contribution in [0.5, 0.6) is 0 Å². The van der Waals surface area contributed by atoms with Crippen LogP contribution in [0.4, 0.5) is 0 Å². The minimum Gasteiger partial charge on any atom is -0.342 e. The Labute approximate surface area is 120 Å². The summed E-state index contributed by atoms with van der Waals surface area (Å²) >= 11 is 3.37. The van der Waals surface area contributed by atoms with E-state index in [0.717, 1.165) is 10.0 Å². The van der Waals surface area contributed by atoms with Gasteiger partial charge < -0.3 is 14.4 Å². The molecule has 0 aromatic heterocycles. The van der Waals surface area contributed by atoms with Gasteiger partial charge in [0.2, 0.25) is 6.41 Å². The zero-order valence-electron chi connectivity index (χ0n) is 10.6. The number of hydrogen-bond acceptors (Lipinski definition) is 4. The normalized spacial score (nSPS) is 25.9. The third-order valence-corrected chi connectivity index (χ3v) is 6.57. The molecule has 1 amide bonds. The van der Waals surface area contributed by atoms with Gasteiger partial charge in [-0.15, -0.1) is 0 Å². The van der Waals surface area contributed by atoms with Crippen molar-refractivity contribution >= 4 is 29.9 Å². The van der Waals surface area contributed by atoms with Crippen LogP contribution in [-0.4, -0.2) is 25.9 Å². The molecule has 0 spiro atoms. The molecule has 1 aromatic rings. The van der Waals surface area contributed by atoms with Gasteiger partial charge >= 0.3 is 7.60 Å². The Bertz CT molecular complexity index is 513. The van der Waals surface area contributed by atoms with E-state index in [9.17, 15) is 9.36 Å². The summed E-state index contributed by atoms with van der Waals surface area (Å²) in [6, 6.07) is 7.67. The second-order valence-corrected chi connectivity index (χ2v) is 7.80. The Hall–Kier alpha value is -0.680. The lowest BCUT2D eigenvalue weighted by Crippen LogP contribution is -2.33. The number of nitrogens with one attached hydrogen (secondary N) is 1. The number of hydrogen-bond donors (Lipinski definition) is 1. The fourth-order valence-corrected chi connectivity index (χ4v) is 4.60. The topological polar surface area (TPSA) is 64.6 Å². The number of benzene rings is 1. The van der Waals surface area contributed by atoms with E-state index in [2.05, 4.69) is 21.2 Å². The summed E-state index contributed by atoms with van der Waals surface area (Å²) in [7, 11) is -0.719. The summed E-state index contributed by atoms with van der Waals surface area (Å²) < 4.78 is 23.7. The van der Waals surface area contributed by atoms with Crippen molar-refractivity contribution < 1.29 is 18.4 Å². The van der Waals surface area contributed by atoms with Gasteiger partial charge in [0.05, 0.1) is 0 Å². The summed E-state index contributed by atoms with van der Waals surface area (Å²) in [6.45, 7) is 0. The second kappa shape index (κ2) is 5.37. The van der Waals surface area contributed by atoms with Gasteiger partial charge in [-0.25, -0.2) is 0 Å². The molecule has 7 heteroatoms. The molecule has 5 nitrogen and oxygen atoms in total. The first-order valence-electron chi connectivity index (χ1n) is 5.71. The second-order valence-electron chi connectivity index (χ2n) is 4.36. The van der Waals surface area contributed by atoms with Crippen LogP contribution in [0.15, 0.2) is 28.7 Å². The summed E-state index contributed by atoms with van der Waals surface area (Å²) in [6.07, 6.45) is 1.08. The highest BCUT2D eigenvalue weighted by Crippen LogP contribution is 2.74. The van der Waals surface area contributed by atoms with Crippen molar-refractivity contribution in [3.8, 4) is 0 Å². The van der Waals surface area contributed by atoms with E-state index in [1.54, 1.807) is 0 Å². The van der Waals surface area contributed by atoms with Gasteiger partial charge in [0.25, 0.3) is 0 Å². The Balaban J connectivity index is 2.33. The minimum atomic E-state index is -3.38. The molecule has 1 fully saturated rings. The highest BCUT2D eigenvalue weighted by Gasteiger charge is 2.68. The lowest BCUT2D eigenvalue weighted by molar-refractivity contribution is -0.110. The van der Waals surface area contributed by atoms with E-state index in [1.165, 1.54) is 14.2 Å². The molecule has 0 aliphatic heterocycles. The smallest absolute Gasteiger partial charge is 0.342 e. The zero-order valence-corrected chi connectivity index (χ0v) is 13.1. The average Bonchev–Trinajstić information content (AvgIpc) is 3.15. The lowest BCUT2D eigenvalue weighted by Gasteiger charge is -2.24. The number of halogens is 1. The number of carbonyl (C=O) groups excluding carboxylic acids is 1. The number of rotatable bonds is 6. The van der Waals surface area contributed by atoms with Crippen LogP contribution in [0, 0.1) is 0 Å². The molecule has 1 N–H and O–H groups in total. The minimum absolute atomic E-state index is 0.0727. The van der Waals surface area contributed by atoms with Crippen LogP contribution < -0.4 is 5.32 Å². The van der Waals surface area contributed by atoms with E-state index < -0.39 is 12.9 Å². The molecule has 104 valence electrons. The summed E-state index contributed by atoms with van der Waals surface area (Å²) in [5, 5.41) is 1.68. The van der Waals surface area contributed by atoms with E-state index in [1.807, 2.05) is 24.3 Å². The van der Waals surface area contributed by atoms with E-state index in [-0.39, 0.29) is 5.92 Å². The molecule has 2 rings (SSSR count). The van der Waals surface area contributed by atoms with Crippen LogP contribution in [-0.2, 0) is 18.4 Å². The van der Waals surface area contributed by atoms with E-state index >= 15 is 0 Å². The largest absolute Gasteiger partial charge is 0.355 e. The molecule has 1 saturated carbocycles. The third-order valence-electron chi connectivity index (χ3n) is 3.48. The summed E-state index contributed by atoms with van der Waals surface area (Å²) in [4.78, 5) is 10.8. The standard InChI is InChI=1S/C12H15BrNO4P/c1-17-19(16,18-2)12(14-8-15)7-11(12)9-3-5-10(13)6-4-9/h3-6,8,11H,7H2,1-2H3,(H,14,15)/t11-,12+/m1/s1. The molecule has 1 aliphatic carbocycles. The van der Waals surface area contributed by atoms with Crippen molar-refractivity contribution in [3.63, 3.8) is 0 Å². The van der Waals surface area contributed by atoms with Crippen molar-refractivity contribution in [2.75, 3.05) is 14.2 Å². The van der Waals surface area contributed by atoms with Gasteiger partial charge in [-0.3, -0.25) is 9.36 Å². The first-order valence-corrected chi connectivity index (χ1v) is 8.05. The SMILES string of the molecule is COP(=O)(OC)[C@@]1(NC=O)C[C@@H]1c1ccc(Br)cc1. The van der Waals surface area contributed by atoms with Gasteiger partial charge in [-0.1, -0.05) is 28.1 Å². The predicted octanol–water partition coefficient (Wildman–Crippen LogP) is 2.86. The van der Waals surface area contributed by atoms with Gasteiger partial charge in [0.15, 0.2) is 0 Å². The molecule has 0 heterocycles. The summed E-state index contributed by atoms with van der Waals surface area (Å²) in [5.74, 6) is -0.0727. The molecule has 1 aliphatic rings. The van der Waals surface area contributed by atoms with E-state index in [0.29, 0.717) is 12.8 Å². The van der Waals surface area contributed by atoms with Crippen LogP contribution in [0.3, 0.4) is 0 Å². The van der Waals surface area contributed by atoms with Gasteiger partial charge in [0.1, 0.15) is 5.28 Å². The molecular weight excluding hydrogens is 333 g/mol. The number of amides is 1. The lowest BCUT2D eigenvalue weighted by atomic mass is 10.1. The first kappa shape index (κ1) is 14.7. The Morgan fingerprint density at radius 2 is 1.95 bits per heavy atom. The fraction of sp³-hybridized carbons (Fsp3) is 0.417. The zero-order chi connectivity index (χ0) is 14.1. The van der Waals surface area contributed by atoms with Crippen LogP contribution in [0.2, 0.25) is 0 Å². The fourth-order valence-electron chi connectivity index (χ4n) is 2.38. The summed E-state index contributed by atoms with van der Waals surface area (Å²) in [5.41, 5.74) is 0.992. The van der Waals surface area contributed by atoms with Gasteiger partial charge in [-0.2, -0.15) is 0 Å². The van der Waals surface area contributed by atoms with Gasteiger partial charge in [-0.05, 0) is 24.1 Å². The Morgan fingerprint density at radius 3 is 2.42 bits per heavy atom. The third kappa shape index (κ3) is 2.38. The maximum absolute atomic E-state index is 12.6. The Morgan fingerprint density at radius 1 is 1.37 bits per heavy atom. The van der Waals surface area contributed by atoms with Crippen molar-refractivity contribution in [1.29, 1.82) is 0 Å². The monoisotopic (exact) mass is 347 g/mol. The molecular formula is C12H15BrNO4P. The molecule has 0 bridgehead atoms. The Kier molecular flexibility index (Phi) is 4.16. The molecule has 0 unspecified atom stereocenters. The maximum atomic E-state index is 12.6. The number of carbonyl (C=O) groups is 1. The van der Waals surface area contributed by atoms with Crippen molar-refractivity contribution in [2.45, 2.75) is 17.6 Å². The average molecular weight is 348 g/mol. The van der Waals surface area contributed by atoms with Crippen molar-refractivity contribution in [1.82, 2.24) is 5.32 Å². The molecule has 0 radical (unpaired) electrons. The maximum Gasteiger partial charge on any atom is 0.355 e. The van der Waals surface area contributed by atoms with Crippen LogP contribution in [0.1, 0.15) is 17.9 Å². The van der Waals surface area contributed by atoms with Crippen LogP contribution >= 0.6 is 23.5 Å².